The Hall–Kier alpha value is -2.77. The van der Waals surface area contributed by atoms with Gasteiger partial charge in [-0.1, -0.05) is 0 Å². The summed E-state index contributed by atoms with van der Waals surface area (Å²) in [5, 5.41) is 7.03. The standard InChI is InChI=1S/C11H12N8/c1-8-13-5-7-18(8)10-15-9(12-2)16-11(17-10)19-6-3-4-14-19/h3-7H,1-2H3,(H,12,15,16,17). The van der Waals surface area contributed by atoms with E-state index in [0.717, 1.165) is 5.82 Å². The zero-order chi connectivity index (χ0) is 13.2. The minimum absolute atomic E-state index is 0.451. The van der Waals surface area contributed by atoms with E-state index in [-0.39, 0.29) is 0 Å². The van der Waals surface area contributed by atoms with Crippen molar-refractivity contribution in [3.05, 3.63) is 36.7 Å². The first-order valence-corrected chi connectivity index (χ1v) is 5.72. The Morgan fingerprint density at radius 2 is 1.89 bits per heavy atom. The van der Waals surface area contributed by atoms with Crippen LogP contribution < -0.4 is 5.32 Å². The van der Waals surface area contributed by atoms with Gasteiger partial charge in [-0.25, -0.2) is 9.67 Å². The molecule has 0 saturated heterocycles. The number of nitrogens with one attached hydrogen (secondary N) is 1. The van der Waals surface area contributed by atoms with Crippen LogP contribution in [0.3, 0.4) is 0 Å². The van der Waals surface area contributed by atoms with Crippen molar-refractivity contribution in [3.8, 4) is 11.9 Å². The fourth-order valence-electron chi connectivity index (χ4n) is 1.65. The molecule has 3 heterocycles. The second-order valence-corrected chi connectivity index (χ2v) is 3.80. The average molecular weight is 256 g/mol. The zero-order valence-corrected chi connectivity index (χ0v) is 10.5. The molecule has 3 aromatic rings. The molecule has 0 aliphatic rings. The molecule has 0 saturated carbocycles. The van der Waals surface area contributed by atoms with Gasteiger partial charge in [0.15, 0.2) is 0 Å². The number of hydrogen-bond donors (Lipinski definition) is 1. The molecule has 0 atom stereocenters. The summed E-state index contributed by atoms with van der Waals surface area (Å²) in [6.45, 7) is 1.89. The Bertz CT molecular complexity index is 685. The third-order valence-corrected chi connectivity index (χ3v) is 2.59. The van der Waals surface area contributed by atoms with Crippen molar-refractivity contribution >= 4 is 5.95 Å². The maximum atomic E-state index is 4.39. The van der Waals surface area contributed by atoms with E-state index >= 15 is 0 Å². The molecule has 0 amide bonds. The van der Waals surface area contributed by atoms with Gasteiger partial charge in [0.05, 0.1) is 0 Å². The molecule has 8 nitrogen and oxygen atoms in total. The molecule has 96 valence electrons. The van der Waals surface area contributed by atoms with Gasteiger partial charge in [0.1, 0.15) is 5.82 Å². The van der Waals surface area contributed by atoms with E-state index in [1.165, 1.54) is 0 Å². The van der Waals surface area contributed by atoms with E-state index in [4.69, 9.17) is 0 Å². The minimum atomic E-state index is 0.451. The van der Waals surface area contributed by atoms with E-state index in [2.05, 4.69) is 30.4 Å². The number of hydrogen-bond acceptors (Lipinski definition) is 6. The molecular weight excluding hydrogens is 244 g/mol. The number of aryl methyl sites for hydroxylation is 1. The van der Waals surface area contributed by atoms with Crippen molar-refractivity contribution in [1.29, 1.82) is 0 Å². The molecule has 0 aliphatic heterocycles. The van der Waals surface area contributed by atoms with Crippen molar-refractivity contribution in [2.24, 2.45) is 0 Å². The summed E-state index contributed by atoms with van der Waals surface area (Å²) in [7, 11) is 1.76. The van der Waals surface area contributed by atoms with Gasteiger partial charge in [-0.15, -0.1) is 0 Å². The van der Waals surface area contributed by atoms with Crippen molar-refractivity contribution in [3.63, 3.8) is 0 Å². The van der Waals surface area contributed by atoms with Gasteiger partial charge in [0, 0.05) is 31.8 Å². The molecule has 8 heteroatoms. The first-order valence-electron chi connectivity index (χ1n) is 5.72. The van der Waals surface area contributed by atoms with E-state index in [9.17, 15) is 0 Å². The highest BCUT2D eigenvalue weighted by Gasteiger charge is 2.10. The highest BCUT2D eigenvalue weighted by molar-refractivity contribution is 5.32. The van der Waals surface area contributed by atoms with Crippen molar-refractivity contribution in [2.45, 2.75) is 6.92 Å². The molecule has 0 bridgehead atoms. The van der Waals surface area contributed by atoms with Crippen LogP contribution in [-0.2, 0) is 0 Å². The summed E-state index contributed by atoms with van der Waals surface area (Å²) < 4.78 is 3.37. The smallest absolute Gasteiger partial charge is 0.257 e. The van der Waals surface area contributed by atoms with Crippen LogP contribution in [-0.4, -0.2) is 41.3 Å². The Morgan fingerprint density at radius 3 is 2.53 bits per heavy atom. The van der Waals surface area contributed by atoms with Crippen molar-refractivity contribution in [2.75, 3.05) is 12.4 Å². The minimum Gasteiger partial charge on any atom is -0.357 e. The molecule has 3 aromatic heterocycles. The first kappa shape index (κ1) is 11.3. The lowest BCUT2D eigenvalue weighted by atomic mass is 10.6. The Balaban J connectivity index is 2.16. The Labute approximate surface area is 109 Å². The number of anilines is 1. The molecule has 19 heavy (non-hydrogen) atoms. The van der Waals surface area contributed by atoms with Crippen LogP contribution in [0.4, 0.5) is 5.95 Å². The van der Waals surface area contributed by atoms with Crippen LogP contribution in [0.1, 0.15) is 5.82 Å². The van der Waals surface area contributed by atoms with E-state index in [0.29, 0.717) is 17.8 Å². The number of nitrogens with zero attached hydrogens (tertiary/aromatic N) is 7. The van der Waals surface area contributed by atoms with Gasteiger partial charge in [-0.2, -0.15) is 20.1 Å². The Morgan fingerprint density at radius 1 is 1.05 bits per heavy atom. The zero-order valence-electron chi connectivity index (χ0n) is 10.5. The fourth-order valence-corrected chi connectivity index (χ4v) is 1.65. The summed E-state index contributed by atoms with van der Waals surface area (Å²) in [6, 6.07) is 1.81. The first-order chi connectivity index (χ1) is 9.28. The summed E-state index contributed by atoms with van der Waals surface area (Å²) in [5.74, 6) is 2.23. The molecule has 0 aliphatic carbocycles. The van der Waals surface area contributed by atoms with E-state index < -0.39 is 0 Å². The van der Waals surface area contributed by atoms with Gasteiger partial charge >= 0.3 is 0 Å². The second-order valence-electron chi connectivity index (χ2n) is 3.80. The van der Waals surface area contributed by atoms with Crippen LogP contribution >= 0.6 is 0 Å². The number of rotatable bonds is 3. The summed E-state index contributed by atoms with van der Waals surface area (Å²) >= 11 is 0. The van der Waals surface area contributed by atoms with E-state index in [1.807, 2.05) is 13.0 Å². The van der Waals surface area contributed by atoms with Gasteiger partial charge in [0.2, 0.25) is 11.9 Å². The average Bonchev–Trinajstić information content (AvgIpc) is 3.09. The monoisotopic (exact) mass is 256 g/mol. The van der Waals surface area contributed by atoms with E-state index in [1.54, 1.807) is 41.1 Å². The van der Waals surface area contributed by atoms with Gasteiger partial charge in [-0.3, -0.25) is 4.57 Å². The van der Waals surface area contributed by atoms with Crippen LogP contribution in [0.2, 0.25) is 0 Å². The lowest BCUT2D eigenvalue weighted by molar-refractivity contribution is 0.770. The van der Waals surface area contributed by atoms with Crippen molar-refractivity contribution < 1.29 is 0 Å². The quantitative estimate of drug-likeness (QED) is 0.738. The van der Waals surface area contributed by atoms with Crippen LogP contribution in [0.25, 0.3) is 11.9 Å². The Kier molecular flexibility index (Phi) is 2.67. The lowest BCUT2D eigenvalue weighted by Crippen LogP contribution is -2.11. The third kappa shape index (κ3) is 2.03. The maximum Gasteiger partial charge on any atom is 0.257 e. The summed E-state index contributed by atoms with van der Waals surface area (Å²) in [5.41, 5.74) is 0. The highest BCUT2D eigenvalue weighted by atomic mass is 15.4. The lowest BCUT2D eigenvalue weighted by Gasteiger charge is -2.07. The van der Waals surface area contributed by atoms with Crippen LogP contribution in [0.15, 0.2) is 30.9 Å². The van der Waals surface area contributed by atoms with Gasteiger partial charge in [0.25, 0.3) is 5.95 Å². The predicted octanol–water partition coefficient (Wildman–Crippen LogP) is 0.593. The highest BCUT2D eigenvalue weighted by Crippen LogP contribution is 2.10. The predicted molar refractivity (Wildman–Crippen MR) is 68.4 cm³/mol. The molecule has 0 radical (unpaired) electrons. The fraction of sp³-hybridized carbons (Fsp3) is 0.182. The second kappa shape index (κ2) is 4.48. The van der Waals surface area contributed by atoms with Crippen LogP contribution in [0.5, 0.6) is 0 Å². The molecular formula is C11H12N8. The normalized spacial score (nSPS) is 10.6. The molecule has 0 unspecified atom stereocenters. The molecule has 0 spiro atoms. The van der Waals surface area contributed by atoms with Crippen LogP contribution in [0, 0.1) is 6.92 Å². The van der Waals surface area contributed by atoms with Gasteiger partial charge < -0.3 is 5.32 Å². The molecule has 1 N–H and O–H groups in total. The molecule has 3 rings (SSSR count). The summed E-state index contributed by atoms with van der Waals surface area (Å²) in [4.78, 5) is 17.1. The van der Waals surface area contributed by atoms with Gasteiger partial charge in [-0.05, 0) is 13.0 Å². The topological polar surface area (TPSA) is 86.3 Å². The maximum absolute atomic E-state index is 4.39. The number of imidazole rings is 1. The number of aromatic nitrogens is 7. The van der Waals surface area contributed by atoms with Crippen molar-refractivity contribution in [1.82, 2.24) is 34.3 Å². The SMILES string of the molecule is CNc1nc(-n2cccn2)nc(-n2ccnc2C)n1. The molecule has 0 aromatic carbocycles. The largest absolute Gasteiger partial charge is 0.357 e. The third-order valence-electron chi connectivity index (χ3n) is 2.59. The molecule has 0 fully saturated rings. The summed E-state index contributed by atoms with van der Waals surface area (Å²) in [6.07, 6.45) is 6.95.